The number of benzene rings is 1. The second-order valence-corrected chi connectivity index (χ2v) is 11.5. The van der Waals surface area contributed by atoms with Crippen LogP contribution in [-0.4, -0.2) is 88.2 Å². The molecule has 1 aromatic carbocycles. The number of carbonyl (C=O) groups is 1. The molecule has 218 valence electrons. The number of hydrogen-bond donors (Lipinski definition) is 2. The Morgan fingerprint density at radius 2 is 1.63 bits per heavy atom. The first kappa shape index (κ1) is 29.5. The average molecular weight is 601 g/mol. The summed E-state index contributed by atoms with van der Waals surface area (Å²) < 4.78 is 6.16. The minimum absolute atomic E-state index is 0.149. The van der Waals surface area contributed by atoms with Gasteiger partial charge in [-0.3, -0.25) is 14.6 Å². The van der Waals surface area contributed by atoms with Crippen LogP contribution in [0, 0.1) is 5.92 Å². The molecule has 4 heterocycles. The lowest BCUT2D eigenvalue weighted by atomic mass is 9.97. The van der Waals surface area contributed by atoms with Gasteiger partial charge in [0.1, 0.15) is 0 Å². The van der Waals surface area contributed by atoms with Gasteiger partial charge >= 0.3 is 5.97 Å². The maximum absolute atomic E-state index is 10.8. The highest BCUT2D eigenvalue weighted by molar-refractivity contribution is 6.35. The molecule has 0 aliphatic carbocycles. The van der Waals surface area contributed by atoms with E-state index in [0.29, 0.717) is 40.1 Å². The molecule has 2 fully saturated rings. The largest absolute Gasteiger partial charge is 0.481 e. The summed E-state index contributed by atoms with van der Waals surface area (Å²) in [6, 6.07) is 9.39. The summed E-state index contributed by atoms with van der Waals surface area (Å²) >= 11 is 12.6. The molecule has 3 N–H and O–H groups in total. The fourth-order valence-corrected chi connectivity index (χ4v) is 5.79. The smallest absolute Gasteiger partial charge is 0.304 e. The van der Waals surface area contributed by atoms with Crippen molar-refractivity contribution in [2.75, 3.05) is 57.3 Å². The highest BCUT2D eigenvalue weighted by Gasteiger charge is 2.21. The van der Waals surface area contributed by atoms with Gasteiger partial charge in [-0.1, -0.05) is 23.2 Å². The second kappa shape index (κ2) is 13.8. The molecule has 2 aromatic heterocycles. The van der Waals surface area contributed by atoms with Crippen molar-refractivity contribution in [1.29, 1.82) is 0 Å². The summed E-state index contributed by atoms with van der Waals surface area (Å²) in [4.78, 5) is 31.3. The maximum atomic E-state index is 10.8. The molecule has 10 nitrogen and oxygen atoms in total. The number of carboxylic acids is 1. The molecule has 0 atom stereocenters. The van der Waals surface area contributed by atoms with Crippen LogP contribution in [0.5, 0.6) is 11.6 Å². The first-order chi connectivity index (χ1) is 19.8. The molecule has 0 spiro atoms. The third-order valence-electron chi connectivity index (χ3n) is 7.60. The lowest BCUT2D eigenvalue weighted by molar-refractivity contribution is -0.137. The maximum Gasteiger partial charge on any atom is 0.304 e. The summed E-state index contributed by atoms with van der Waals surface area (Å²) in [6.45, 7) is 7.07. The standard InChI is InChI=1S/C29H35Cl2N7O3/c30-23-13-22(14-24(31)15-23)26-11-21(19-37-4-1-20(16-32)2-5-37)12-27(35-26)41-25-17-33-29(34-18-25)38-9-7-36(8-10-38)6-3-28(39)40/h11-15,17-18,20H,1-10,16,19,32H2,(H,39,40). The number of aromatic nitrogens is 3. The van der Waals surface area contributed by atoms with E-state index in [4.69, 9.17) is 43.8 Å². The van der Waals surface area contributed by atoms with Crippen LogP contribution in [0.25, 0.3) is 11.3 Å². The van der Waals surface area contributed by atoms with E-state index in [1.54, 1.807) is 18.5 Å². The number of hydrogen-bond acceptors (Lipinski definition) is 9. The SMILES string of the molecule is NCC1CCN(Cc2cc(Oc3cnc(N4CCN(CCC(=O)O)CC4)nc3)nc(-c3cc(Cl)cc(Cl)c3)c2)CC1. The monoisotopic (exact) mass is 599 g/mol. The number of nitrogens with two attached hydrogens (primary N) is 1. The van der Waals surface area contributed by atoms with Crippen LogP contribution in [0.1, 0.15) is 24.8 Å². The number of carboxylic acid groups (broad SMARTS) is 1. The molecule has 5 rings (SSSR count). The normalized spacial score (nSPS) is 17.1. The van der Waals surface area contributed by atoms with Crippen LogP contribution in [0.4, 0.5) is 5.95 Å². The number of aliphatic carboxylic acids is 1. The van der Waals surface area contributed by atoms with Crippen molar-refractivity contribution >= 4 is 35.1 Å². The van der Waals surface area contributed by atoms with Gasteiger partial charge < -0.3 is 20.5 Å². The summed E-state index contributed by atoms with van der Waals surface area (Å²) in [5.41, 5.74) is 8.49. The Morgan fingerprint density at radius 3 is 2.27 bits per heavy atom. The van der Waals surface area contributed by atoms with E-state index in [-0.39, 0.29) is 6.42 Å². The lowest BCUT2D eigenvalue weighted by Crippen LogP contribution is -2.47. The van der Waals surface area contributed by atoms with Gasteiger partial charge in [0, 0.05) is 60.9 Å². The Kier molecular flexibility index (Phi) is 9.89. The zero-order chi connectivity index (χ0) is 28.8. The van der Waals surface area contributed by atoms with Gasteiger partial charge in [-0.2, -0.15) is 0 Å². The minimum Gasteiger partial charge on any atom is -0.481 e. The third kappa shape index (κ3) is 8.27. The molecule has 2 aliphatic rings. The van der Waals surface area contributed by atoms with Crippen LogP contribution in [0.3, 0.4) is 0 Å². The van der Waals surface area contributed by atoms with E-state index in [2.05, 4.69) is 30.7 Å². The highest BCUT2D eigenvalue weighted by Crippen LogP contribution is 2.31. The molecule has 0 unspecified atom stereocenters. The molecule has 0 bridgehead atoms. The van der Waals surface area contributed by atoms with Crippen LogP contribution >= 0.6 is 23.2 Å². The molecule has 0 amide bonds. The van der Waals surface area contributed by atoms with E-state index in [9.17, 15) is 4.79 Å². The Labute approximate surface area is 250 Å². The zero-order valence-electron chi connectivity index (χ0n) is 22.9. The molecule has 12 heteroatoms. The van der Waals surface area contributed by atoms with Crippen LogP contribution in [0.2, 0.25) is 10.0 Å². The number of piperazine rings is 1. The highest BCUT2D eigenvalue weighted by atomic mass is 35.5. The Balaban J connectivity index is 1.29. The quantitative estimate of drug-likeness (QED) is 0.346. The van der Waals surface area contributed by atoms with Crippen molar-refractivity contribution < 1.29 is 14.6 Å². The van der Waals surface area contributed by atoms with Crippen molar-refractivity contribution in [3.05, 3.63) is 58.3 Å². The fraction of sp³-hybridized carbons (Fsp3) is 0.448. The molecule has 0 saturated carbocycles. The Morgan fingerprint density at radius 1 is 0.951 bits per heavy atom. The van der Waals surface area contributed by atoms with Crippen LogP contribution in [0.15, 0.2) is 42.7 Å². The van der Waals surface area contributed by atoms with Gasteiger partial charge in [-0.05, 0) is 68.2 Å². The summed E-state index contributed by atoms with van der Waals surface area (Å²) in [5, 5.41) is 10.00. The molecule has 0 radical (unpaired) electrons. The predicted octanol–water partition coefficient (Wildman–Crippen LogP) is 4.41. The van der Waals surface area contributed by atoms with Crippen LogP contribution in [-0.2, 0) is 11.3 Å². The van der Waals surface area contributed by atoms with Gasteiger partial charge in [0.25, 0.3) is 0 Å². The summed E-state index contributed by atoms with van der Waals surface area (Å²) in [6.07, 6.45) is 5.66. The zero-order valence-corrected chi connectivity index (χ0v) is 24.4. The van der Waals surface area contributed by atoms with Gasteiger partial charge in [0.2, 0.25) is 11.8 Å². The number of pyridine rings is 1. The van der Waals surface area contributed by atoms with Gasteiger partial charge in [0.05, 0.1) is 24.5 Å². The lowest BCUT2D eigenvalue weighted by Gasteiger charge is -2.34. The first-order valence-corrected chi connectivity index (χ1v) is 14.7. The van der Waals surface area contributed by atoms with E-state index in [1.165, 1.54) is 0 Å². The molecule has 3 aromatic rings. The molecule has 41 heavy (non-hydrogen) atoms. The second-order valence-electron chi connectivity index (χ2n) is 10.6. The predicted molar refractivity (Wildman–Crippen MR) is 160 cm³/mol. The van der Waals surface area contributed by atoms with E-state index >= 15 is 0 Å². The van der Waals surface area contributed by atoms with Gasteiger partial charge in [-0.15, -0.1) is 0 Å². The molecular formula is C29H35Cl2N7O3. The first-order valence-electron chi connectivity index (χ1n) is 13.9. The van der Waals surface area contributed by atoms with Crippen LogP contribution < -0.4 is 15.4 Å². The van der Waals surface area contributed by atoms with Gasteiger partial charge in [-0.25, -0.2) is 15.0 Å². The summed E-state index contributed by atoms with van der Waals surface area (Å²) in [7, 11) is 0. The topological polar surface area (TPSA) is 121 Å². The molecular weight excluding hydrogens is 565 g/mol. The van der Waals surface area contributed by atoms with E-state index in [0.717, 1.165) is 82.0 Å². The number of halogens is 2. The number of rotatable bonds is 10. The van der Waals surface area contributed by atoms with Crippen molar-refractivity contribution in [3.8, 4) is 22.9 Å². The number of nitrogens with zero attached hydrogens (tertiary/aromatic N) is 6. The Hall–Kier alpha value is -3.02. The number of ether oxygens (including phenoxy) is 1. The molecule has 2 aliphatic heterocycles. The third-order valence-corrected chi connectivity index (χ3v) is 8.04. The fourth-order valence-electron chi connectivity index (χ4n) is 5.26. The summed E-state index contributed by atoms with van der Waals surface area (Å²) in [5.74, 6) is 1.36. The molecule has 2 saturated heterocycles. The van der Waals surface area contributed by atoms with Crippen molar-refractivity contribution in [3.63, 3.8) is 0 Å². The van der Waals surface area contributed by atoms with Gasteiger partial charge in [0.15, 0.2) is 5.75 Å². The Bertz CT molecular complexity index is 1310. The van der Waals surface area contributed by atoms with Crippen molar-refractivity contribution in [1.82, 2.24) is 24.8 Å². The van der Waals surface area contributed by atoms with Crippen molar-refractivity contribution in [2.24, 2.45) is 11.7 Å². The van der Waals surface area contributed by atoms with E-state index < -0.39 is 5.97 Å². The number of anilines is 1. The van der Waals surface area contributed by atoms with E-state index in [1.807, 2.05) is 18.2 Å². The number of likely N-dealkylation sites (tertiary alicyclic amines) is 1. The average Bonchev–Trinajstić information content (AvgIpc) is 2.96. The number of piperidine rings is 1. The minimum atomic E-state index is -0.776. The van der Waals surface area contributed by atoms with Crippen molar-refractivity contribution in [2.45, 2.75) is 25.8 Å².